The monoisotopic (exact) mass is 312 g/mol. The number of carbonyl (C=O) groups excluding carboxylic acids is 1. The molecule has 1 aliphatic carbocycles. The van der Waals surface area contributed by atoms with Gasteiger partial charge in [-0.25, -0.2) is 4.39 Å². The number of Topliss-reactive ketones (excluding diaryl/α,β-unsaturated/α-hetero) is 1. The highest BCUT2D eigenvalue weighted by molar-refractivity contribution is 9.10. The highest BCUT2D eigenvalue weighted by Gasteiger charge is 2.24. The van der Waals surface area contributed by atoms with Gasteiger partial charge in [0.05, 0.1) is 0 Å². The maximum absolute atomic E-state index is 13.2. The average molecular weight is 313 g/mol. The number of ketones is 1. The van der Waals surface area contributed by atoms with Gasteiger partial charge in [-0.3, -0.25) is 4.79 Å². The molecule has 0 unspecified atom stereocenters. The Morgan fingerprint density at radius 2 is 1.94 bits per heavy atom. The lowest BCUT2D eigenvalue weighted by molar-refractivity contribution is -0.123. The van der Waals surface area contributed by atoms with Crippen LogP contribution in [0.15, 0.2) is 22.7 Å². The molecule has 3 heteroatoms. The quantitative estimate of drug-likeness (QED) is 0.801. The molecule has 0 aromatic heterocycles. The minimum absolute atomic E-state index is 0.184. The van der Waals surface area contributed by atoms with Gasteiger partial charge in [-0.05, 0) is 42.5 Å². The number of rotatable bonds is 3. The molecule has 1 nitrogen and oxygen atoms in total. The van der Waals surface area contributed by atoms with E-state index in [4.69, 9.17) is 0 Å². The van der Waals surface area contributed by atoms with Crippen LogP contribution in [0.25, 0.3) is 0 Å². The lowest BCUT2D eigenvalue weighted by Crippen LogP contribution is -2.22. The van der Waals surface area contributed by atoms with Gasteiger partial charge in [-0.2, -0.15) is 0 Å². The van der Waals surface area contributed by atoms with E-state index in [-0.39, 0.29) is 17.5 Å². The molecule has 1 aromatic rings. The van der Waals surface area contributed by atoms with E-state index in [1.165, 1.54) is 12.1 Å². The molecule has 1 aliphatic rings. The van der Waals surface area contributed by atoms with Crippen molar-refractivity contribution in [2.75, 3.05) is 0 Å². The molecule has 1 saturated carbocycles. The molecule has 0 radical (unpaired) electrons. The van der Waals surface area contributed by atoms with Gasteiger partial charge in [-0.15, -0.1) is 0 Å². The average Bonchev–Trinajstić information content (AvgIpc) is 2.28. The molecule has 1 fully saturated rings. The largest absolute Gasteiger partial charge is 0.299 e. The van der Waals surface area contributed by atoms with Crippen LogP contribution in [0, 0.1) is 17.7 Å². The van der Waals surface area contributed by atoms with Crippen LogP contribution in [0.1, 0.15) is 38.2 Å². The van der Waals surface area contributed by atoms with Gasteiger partial charge in [0.15, 0.2) is 0 Å². The fourth-order valence-corrected chi connectivity index (χ4v) is 3.15. The Morgan fingerprint density at radius 3 is 2.56 bits per heavy atom. The van der Waals surface area contributed by atoms with Gasteiger partial charge in [0, 0.05) is 16.8 Å². The van der Waals surface area contributed by atoms with Crippen LogP contribution in [0.2, 0.25) is 0 Å². The predicted octanol–water partition coefficient (Wildman–Crippen LogP) is 4.53. The van der Waals surface area contributed by atoms with E-state index in [2.05, 4.69) is 22.9 Å². The molecule has 0 amide bonds. The lowest BCUT2D eigenvalue weighted by atomic mass is 9.80. The van der Waals surface area contributed by atoms with E-state index in [0.717, 1.165) is 37.2 Å². The Bertz CT molecular complexity index is 416. The lowest BCUT2D eigenvalue weighted by Gasteiger charge is -2.25. The van der Waals surface area contributed by atoms with Crippen molar-refractivity contribution in [1.82, 2.24) is 0 Å². The summed E-state index contributed by atoms with van der Waals surface area (Å²) in [6.45, 7) is 2.24. The summed E-state index contributed by atoms with van der Waals surface area (Å²) < 4.78 is 13.9. The fraction of sp³-hybridized carbons (Fsp3) is 0.533. The SMILES string of the molecule is CC1CCC(C(=O)Cc2cc(F)cc(Br)c2)CC1. The van der Waals surface area contributed by atoms with Gasteiger partial charge in [0.2, 0.25) is 0 Å². The van der Waals surface area contributed by atoms with Crippen LogP contribution >= 0.6 is 15.9 Å². The molecule has 0 saturated heterocycles. The normalized spacial score (nSPS) is 23.9. The van der Waals surface area contributed by atoms with E-state index in [0.29, 0.717) is 10.9 Å². The summed E-state index contributed by atoms with van der Waals surface area (Å²) in [4.78, 5) is 12.2. The first-order chi connectivity index (χ1) is 8.54. The summed E-state index contributed by atoms with van der Waals surface area (Å²) in [6, 6.07) is 4.69. The van der Waals surface area contributed by atoms with E-state index in [9.17, 15) is 9.18 Å². The third kappa shape index (κ3) is 3.64. The van der Waals surface area contributed by atoms with E-state index in [1.54, 1.807) is 0 Å². The van der Waals surface area contributed by atoms with Crippen LogP contribution in [-0.4, -0.2) is 5.78 Å². The molecule has 0 heterocycles. The van der Waals surface area contributed by atoms with Crippen molar-refractivity contribution in [2.45, 2.75) is 39.0 Å². The molecule has 0 aliphatic heterocycles. The van der Waals surface area contributed by atoms with Crippen LogP contribution in [0.5, 0.6) is 0 Å². The van der Waals surface area contributed by atoms with Gasteiger partial charge < -0.3 is 0 Å². The zero-order valence-corrected chi connectivity index (χ0v) is 12.2. The Hall–Kier alpha value is -0.700. The Kier molecular flexibility index (Phi) is 4.55. The van der Waals surface area contributed by atoms with Crippen LogP contribution in [-0.2, 0) is 11.2 Å². The van der Waals surface area contributed by atoms with Gasteiger partial charge in [0.25, 0.3) is 0 Å². The highest BCUT2D eigenvalue weighted by atomic mass is 79.9. The van der Waals surface area contributed by atoms with Crippen LogP contribution in [0.3, 0.4) is 0 Å². The summed E-state index contributed by atoms with van der Waals surface area (Å²) in [6.07, 6.45) is 4.63. The third-order valence-corrected chi connectivity index (χ3v) is 4.23. The van der Waals surface area contributed by atoms with Crippen molar-refractivity contribution in [2.24, 2.45) is 11.8 Å². The topological polar surface area (TPSA) is 17.1 Å². The van der Waals surface area contributed by atoms with Gasteiger partial charge in [0.1, 0.15) is 11.6 Å². The van der Waals surface area contributed by atoms with E-state index >= 15 is 0 Å². The first kappa shape index (κ1) is 13.7. The molecule has 0 atom stereocenters. The molecule has 1 aromatic carbocycles. The van der Waals surface area contributed by atoms with Crippen molar-refractivity contribution in [1.29, 1.82) is 0 Å². The molecular weight excluding hydrogens is 295 g/mol. The summed E-state index contributed by atoms with van der Waals surface area (Å²) in [5.41, 5.74) is 0.769. The number of hydrogen-bond acceptors (Lipinski definition) is 1. The highest BCUT2D eigenvalue weighted by Crippen LogP contribution is 2.29. The Labute approximate surface area is 116 Å². The summed E-state index contributed by atoms with van der Waals surface area (Å²) >= 11 is 3.26. The molecule has 0 spiro atoms. The van der Waals surface area contributed by atoms with Crippen molar-refractivity contribution >= 4 is 21.7 Å². The van der Waals surface area contributed by atoms with Crippen LogP contribution in [0.4, 0.5) is 4.39 Å². The second-order valence-electron chi connectivity index (χ2n) is 5.38. The van der Waals surface area contributed by atoms with Crippen molar-refractivity contribution in [3.05, 3.63) is 34.1 Å². The van der Waals surface area contributed by atoms with E-state index < -0.39 is 0 Å². The summed E-state index contributed by atoms with van der Waals surface area (Å²) in [7, 11) is 0. The summed E-state index contributed by atoms with van der Waals surface area (Å²) in [5, 5.41) is 0. The van der Waals surface area contributed by atoms with Crippen molar-refractivity contribution < 1.29 is 9.18 Å². The Balaban J connectivity index is 1.98. The maximum Gasteiger partial charge on any atom is 0.140 e. The third-order valence-electron chi connectivity index (χ3n) is 3.77. The van der Waals surface area contributed by atoms with E-state index in [1.807, 2.05) is 6.07 Å². The Morgan fingerprint density at radius 1 is 1.28 bits per heavy atom. The molecule has 0 N–H and O–H groups in total. The maximum atomic E-state index is 13.2. The minimum Gasteiger partial charge on any atom is -0.299 e. The number of benzene rings is 1. The first-order valence-electron chi connectivity index (χ1n) is 6.52. The van der Waals surface area contributed by atoms with Crippen molar-refractivity contribution in [3.63, 3.8) is 0 Å². The molecule has 18 heavy (non-hydrogen) atoms. The zero-order chi connectivity index (χ0) is 13.1. The number of hydrogen-bond donors (Lipinski definition) is 0. The zero-order valence-electron chi connectivity index (χ0n) is 10.6. The first-order valence-corrected chi connectivity index (χ1v) is 7.31. The standard InChI is InChI=1S/C15H18BrFO/c1-10-2-4-12(5-3-10)15(18)8-11-6-13(16)9-14(17)7-11/h6-7,9-10,12H,2-5,8H2,1H3. The number of halogens is 2. The smallest absolute Gasteiger partial charge is 0.140 e. The minimum atomic E-state index is -0.288. The summed E-state index contributed by atoms with van der Waals surface area (Å²) in [5.74, 6) is 0.907. The predicted molar refractivity (Wildman–Crippen MR) is 73.9 cm³/mol. The van der Waals surface area contributed by atoms with Crippen LogP contribution < -0.4 is 0 Å². The second-order valence-corrected chi connectivity index (χ2v) is 6.29. The number of carbonyl (C=O) groups is 1. The molecule has 2 rings (SSSR count). The molecular formula is C15H18BrFO. The van der Waals surface area contributed by atoms with Gasteiger partial charge >= 0.3 is 0 Å². The van der Waals surface area contributed by atoms with Crippen molar-refractivity contribution in [3.8, 4) is 0 Å². The molecule has 98 valence electrons. The van der Waals surface area contributed by atoms with Gasteiger partial charge in [-0.1, -0.05) is 35.7 Å². The fourth-order valence-electron chi connectivity index (χ4n) is 2.64. The molecule has 0 bridgehead atoms. The second kappa shape index (κ2) is 5.96.